The van der Waals surface area contributed by atoms with E-state index in [-0.39, 0.29) is 12.1 Å². The number of ether oxygens (including phenoxy) is 1. The minimum atomic E-state index is -0.0378. The Bertz CT molecular complexity index is 1000. The lowest BCUT2D eigenvalue weighted by Crippen LogP contribution is -2.36. The number of methoxy groups -OCH3 is 1. The maximum atomic E-state index is 5.76. The van der Waals surface area contributed by atoms with Gasteiger partial charge in [-0.25, -0.2) is 0 Å². The van der Waals surface area contributed by atoms with Crippen molar-refractivity contribution >= 4 is 17.3 Å². The molecule has 2 aromatic heterocycles. The summed E-state index contributed by atoms with van der Waals surface area (Å²) in [7, 11) is 5.86. The van der Waals surface area contributed by atoms with Crippen molar-refractivity contribution in [3.63, 3.8) is 0 Å². The van der Waals surface area contributed by atoms with Gasteiger partial charge in [-0.05, 0) is 62.7 Å². The minimum absolute atomic E-state index is 0.00672. The molecule has 0 unspecified atom stereocenters. The molecule has 0 bridgehead atoms. The lowest BCUT2D eigenvalue weighted by molar-refractivity contribution is 0.272. The van der Waals surface area contributed by atoms with Crippen molar-refractivity contribution < 1.29 is 4.74 Å². The predicted octanol–water partition coefficient (Wildman–Crippen LogP) is 3.42. The summed E-state index contributed by atoms with van der Waals surface area (Å²) in [6, 6.07) is 18.3. The highest BCUT2D eigenvalue weighted by Crippen LogP contribution is 2.40. The topological polar surface area (TPSA) is 45.6 Å². The second kappa shape index (κ2) is 8.85. The average Bonchev–Trinajstić information content (AvgIpc) is 3.36. The van der Waals surface area contributed by atoms with E-state index in [0.29, 0.717) is 0 Å². The quantitative estimate of drug-likeness (QED) is 0.590. The Hall–Kier alpha value is -2.90. The Kier molecular flexibility index (Phi) is 6.01. The normalized spacial score (nSPS) is 18.7. The second-order valence-corrected chi connectivity index (χ2v) is 7.98. The maximum Gasteiger partial charge on any atom is 0.170 e. The molecule has 1 aliphatic rings. The van der Waals surface area contributed by atoms with Crippen molar-refractivity contribution in [1.29, 1.82) is 0 Å². The fourth-order valence-electron chi connectivity index (χ4n) is 3.96. The van der Waals surface area contributed by atoms with Crippen molar-refractivity contribution in [1.82, 2.24) is 24.7 Å². The number of nitrogens with zero attached hydrogens (tertiary/aromatic N) is 4. The number of likely N-dealkylation sites (N-methyl/N-ethyl adjacent to an activating group) is 1. The van der Waals surface area contributed by atoms with Crippen LogP contribution in [0.5, 0.6) is 5.75 Å². The molecule has 0 saturated carbocycles. The Balaban J connectivity index is 1.80. The van der Waals surface area contributed by atoms with E-state index in [1.165, 1.54) is 0 Å². The summed E-state index contributed by atoms with van der Waals surface area (Å²) in [6.45, 7) is 1.73. The van der Waals surface area contributed by atoms with Crippen molar-refractivity contribution in [2.45, 2.75) is 12.1 Å². The van der Waals surface area contributed by atoms with Gasteiger partial charge in [0.15, 0.2) is 5.11 Å². The molecule has 1 fully saturated rings. The standard InChI is InChI=1S/C23H27N5OS/c1-26(2)15-16-28-22(21(25-23(28)30)17-9-6-7-13-24-17)19-11-8-14-27(19)18-10-4-5-12-20(18)29-3/h4-14,21-22H,15-16H2,1-3H3,(H,25,30)/t21-,22+/m1/s1. The Morgan fingerprint density at radius 2 is 1.90 bits per heavy atom. The molecule has 1 saturated heterocycles. The molecule has 4 rings (SSSR count). The molecule has 30 heavy (non-hydrogen) atoms. The molecule has 3 aromatic rings. The molecule has 0 aliphatic carbocycles. The van der Waals surface area contributed by atoms with Crippen LogP contribution in [0.3, 0.4) is 0 Å². The summed E-state index contributed by atoms with van der Waals surface area (Å²) in [5.41, 5.74) is 3.12. The smallest absolute Gasteiger partial charge is 0.170 e. The third-order valence-corrected chi connectivity index (χ3v) is 5.77. The van der Waals surface area contributed by atoms with Crippen LogP contribution in [0.25, 0.3) is 5.69 Å². The molecule has 156 valence electrons. The largest absolute Gasteiger partial charge is 0.495 e. The van der Waals surface area contributed by atoms with Crippen LogP contribution in [0, 0.1) is 0 Å². The number of hydrogen-bond acceptors (Lipinski definition) is 4. The Morgan fingerprint density at radius 3 is 2.63 bits per heavy atom. The summed E-state index contributed by atoms with van der Waals surface area (Å²) in [4.78, 5) is 9.08. The van der Waals surface area contributed by atoms with Crippen LogP contribution in [0.4, 0.5) is 0 Å². The number of nitrogens with one attached hydrogen (secondary N) is 1. The number of pyridine rings is 1. The number of benzene rings is 1. The van der Waals surface area contributed by atoms with Gasteiger partial charge in [0.25, 0.3) is 0 Å². The van der Waals surface area contributed by atoms with E-state index in [1.54, 1.807) is 7.11 Å². The Morgan fingerprint density at radius 1 is 1.10 bits per heavy atom. The predicted molar refractivity (Wildman–Crippen MR) is 123 cm³/mol. The number of para-hydroxylation sites is 2. The summed E-state index contributed by atoms with van der Waals surface area (Å²) in [5, 5.41) is 4.28. The molecule has 7 heteroatoms. The van der Waals surface area contributed by atoms with Crippen molar-refractivity contribution in [2.75, 3.05) is 34.3 Å². The molecule has 6 nitrogen and oxygen atoms in total. The first-order valence-corrected chi connectivity index (χ1v) is 10.4. The van der Waals surface area contributed by atoms with Gasteiger partial charge >= 0.3 is 0 Å². The van der Waals surface area contributed by atoms with Crippen LogP contribution in [0.1, 0.15) is 23.5 Å². The van der Waals surface area contributed by atoms with Gasteiger partial charge < -0.3 is 24.4 Å². The van der Waals surface area contributed by atoms with Crippen LogP contribution < -0.4 is 10.1 Å². The lowest BCUT2D eigenvalue weighted by Gasteiger charge is -2.30. The van der Waals surface area contributed by atoms with Crippen LogP contribution >= 0.6 is 12.2 Å². The van der Waals surface area contributed by atoms with E-state index >= 15 is 0 Å². The molecule has 3 heterocycles. The second-order valence-electron chi connectivity index (χ2n) is 7.60. The average molecular weight is 422 g/mol. The molecule has 0 amide bonds. The summed E-state index contributed by atoms with van der Waals surface area (Å²) in [6.07, 6.45) is 3.91. The number of rotatable bonds is 7. The van der Waals surface area contributed by atoms with Crippen molar-refractivity contribution in [3.05, 3.63) is 78.4 Å². The Labute approximate surface area is 183 Å². The van der Waals surface area contributed by atoms with E-state index in [4.69, 9.17) is 17.0 Å². The van der Waals surface area contributed by atoms with Crippen LogP contribution in [0.15, 0.2) is 67.0 Å². The highest BCUT2D eigenvalue weighted by molar-refractivity contribution is 7.80. The van der Waals surface area contributed by atoms with E-state index in [0.717, 1.165) is 41.0 Å². The molecule has 0 spiro atoms. The molecular formula is C23H27N5OS. The maximum absolute atomic E-state index is 5.76. The van der Waals surface area contributed by atoms with E-state index < -0.39 is 0 Å². The van der Waals surface area contributed by atoms with Crippen LogP contribution in [-0.4, -0.2) is 58.8 Å². The molecule has 1 aromatic carbocycles. The molecule has 1 aliphatic heterocycles. The van der Waals surface area contributed by atoms with Gasteiger partial charge in [-0.2, -0.15) is 0 Å². The van der Waals surface area contributed by atoms with Gasteiger partial charge in [-0.15, -0.1) is 0 Å². The zero-order chi connectivity index (χ0) is 21.1. The monoisotopic (exact) mass is 421 g/mol. The first kappa shape index (κ1) is 20.4. The van der Waals surface area contributed by atoms with Crippen molar-refractivity contribution in [2.24, 2.45) is 0 Å². The summed E-state index contributed by atoms with van der Waals surface area (Å²) in [5.74, 6) is 0.831. The third-order valence-electron chi connectivity index (χ3n) is 5.41. The molecule has 1 N–H and O–H groups in total. The number of aromatic nitrogens is 2. The van der Waals surface area contributed by atoms with E-state index in [9.17, 15) is 0 Å². The first-order valence-electron chi connectivity index (χ1n) is 10.0. The third kappa shape index (κ3) is 3.91. The molecule has 2 atom stereocenters. The van der Waals surface area contributed by atoms with Gasteiger partial charge in [-0.3, -0.25) is 4.98 Å². The van der Waals surface area contributed by atoms with Gasteiger partial charge in [0.1, 0.15) is 5.75 Å². The van der Waals surface area contributed by atoms with Gasteiger partial charge in [-0.1, -0.05) is 18.2 Å². The fourth-order valence-corrected chi connectivity index (χ4v) is 4.29. The number of thiocarbonyl (C=S) groups is 1. The summed E-state index contributed by atoms with van der Waals surface area (Å²) < 4.78 is 7.82. The SMILES string of the molecule is COc1ccccc1-n1cccc1[C@H]1[C@@H](c2ccccn2)NC(=S)N1CCN(C)C. The zero-order valence-corrected chi connectivity index (χ0v) is 18.3. The van der Waals surface area contributed by atoms with Crippen molar-refractivity contribution in [3.8, 4) is 11.4 Å². The molecule has 0 radical (unpaired) electrons. The van der Waals surface area contributed by atoms with Crippen LogP contribution in [-0.2, 0) is 0 Å². The highest BCUT2D eigenvalue weighted by atomic mass is 32.1. The fraction of sp³-hybridized carbons (Fsp3) is 0.304. The van der Waals surface area contributed by atoms with Gasteiger partial charge in [0.2, 0.25) is 0 Å². The molecular weight excluding hydrogens is 394 g/mol. The van der Waals surface area contributed by atoms with Crippen LogP contribution in [0.2, 0.25) is 0 Å². The lowest BCUT2D eigenvalue weighted by atomic mass is 10.0. The van der Waals surface area contributed by atoms with Gasteiger partial charge in [0, 0.05) is 31.2 Å². The van der Waals surface area contributed by atoms with E-state index in [1.807, 2.05) is 36.5 Å². The zero-order valence-electron chi connectivity index (χ0n) is 17.5. The first-order chi connectivity index (χ1) is 14.6. The number of hydrogen-bond donors (Lipinski definition) is 1. The highest BCUT2D eigenvalue weighted by Gasteiger charge is 2.41. The van der Waals surface area contributed by atoms with Gasteiger partial charge in [0.05, 0.1) is 30.6 Å². The minimum Gasteiger partial charge on any atom is -0.495 e. The summed E-state index contributed by atoms with van der Waals surface area (Å²) >= 11 is 5.76. The van der Waals surface area contributed by atoms with E-state index in [2.05, 4.69) is 69.2 Å².